The van der Waals surface area contributed by atoms with Crippen LogP contribution in [0.4, 0.5) is 0 Å². The normalized spacial score (nSPS) is 21.4. The molecule has 1 aromatic rings. The van der Waals surface area contributed by atoms with Crippen LogP contribution in [0.5, 0.6) is 5.75 Å². The van der Waals surface area contributed by atoms with Crippen LogP contribution in [0.15, 0.2) is 18.2 Å². The molecule has 3 nitrogen and oxygen atoms in total. The van der Waals surface area contributed by atoms with E-state index in [-0.39, 0.29) is 0 Å². The molecule has 0 saturated carbocycles. The number of rotatable bonds is 7. The molecule has 0 aromatic heterocycles. The monoisotopic (exact) mass is 281 g/mol. The summed E-state index contributed by atoms with van der Waals surface area (Å²) in [5, 5.41) is 4.07. The fourth-order valence-electron chi connectivity index (χ4n) is 2.64. The van der Waals surface area contributed by atoms with Crippen LogP contribution in [0.3, 0.4) is 0 Å². The van der Waals surface area contributed by atoms with Gasteiger partial charge in [0.1, 0.15) is 5.75 Å². The third kappa shape index (κ3) is 3.44. The number of thioether (sulfide) groups is 1. The molecule has 0 spiro atoms. The lowest BCUT2D eigenvalue weighted by Crippen LogP contribution is -2.23. The Kier molecular flexibility index (Phi) is 5.55. The second-order valence-corrected chi connectivity index (χ2v) is 6.14. The molecule has 0 amide bonds. The summed E-state index contributed by atoms with van der Waals surface area (Å²) in [5.74, 6) is 2.10. The van der Waals surface area contributed by atoms with Crippen LogP contribution in [-0.2, 0) is 11.2 Å². The van der Waals surface area contributed by atoms with Crippen molar-refractivity contribution in [1.29, 1.82) is 0 Å². The van der Waals surface area contributed by atoms with Crippen LogP contribution in [-0.4, -0.2) is 38.9 Å². The van der Waals surface area contributed by atoms with Crippen molar-refractivity contribution in [2.75, 3.05) is 33.6 Å². The zero-order chi connectivity index (χ0) is 13.7. The highest BCUT2D eigenvalue weighted by Crippen LogP contribution is 2.40. The van der Waals surface area contributed by atoms with E-state index in [0.29, 0.717) is 11.3 Å². The number of methoxy groups -OCH3 is 2. The van der Waals surface area contributed by atoms with E-state index in [1.807, 2.05) is 18.8 Å². The van der Waals surface area contributed by atoms with Crippen LogP contribution in [0, 0.1) is 0 Å². The Bertz CT molecular complexity index is 411. The van der Waals surface area contributed by atoms with Gasteiger partial charge in [-0.05, 0) is 48.9 Å². The Morgan fingerprint density at radius 2 is 2.21 bits per heavy atom. The second kappa shape index (κ2) is 7.17. The Morgan fingerprint density at radius 1 is 1.37 bits per heavy atom. The number of fused-ring (bicyclic) bond motifs is 1. The lowest BCUT2D eigenvalue weighted by atomic mass is 10.1. The predicted molar refractivity (Wildman–Crippen MR) is 81.2 cm³/mol. The van der Waals surface area contributed by atoms with Gasteiger partial charge in [0, 0.05) is 25.0 Å². The molecule has 0 fully saturated rings. The van der Waals surface area contributed by atoms with Crippen LogP contribution < -0.4 is 10.1 Å². The summed E-state index contributed by atoms with van der Waals surface area (Å²) in [7, 11) is 5.53. The van der Waals surface area contributed by atoms with Crippen molar-refractivity contribution in [1.82, 2.24) is 5.32 Å². The highest BCUT2D eigenvalue weighted by Gasteiger charge is 2.31. The largest absolute Gasteiger partial charge is 0.497 e. The maximum atomic E-state index is 5.33. The number of hydrogen-bond acceptors (Lipinski definition) is 4. The molecule has 0 heterocycles. The smallest absolute Gasteiger partial charge is 0.119 e. The van der Waals surface area contributed by atoms with Gasteiger partial charge >= 0.3 is 0 Å². The lowest BCUT2D eigenvalue weighted by Gasteiger charge is -2.19. The minimum Gasteiger partial charge on any atom is -0.497 e. The fourth-order valence-corrected chi connectivity index (χ4v) is 4.00. The topological polar surface area (TPSA) is 30.5 Å². The number of benzene rings is 1. The van der Waals surface area contributed by atoms with Gasteiger partial charge in [-0.2, -0.15) is 11.8 Å². The summed E-state index contributed by atoms with van der Waals surface area (Å²) >= 11 is 2.04. The molecule has 2 unspecified atom stereocenters. The third-order valence-electron chi connectivity index (χ3n) is 3.62. The molecule has 0 aliphatic heterocycles. The van der Waals surface area contributed by atoms with Gasteiger partial charge in [-0.25, -0.2) is 0 Å². The molecular formula is C15H23NO2S. The maximum Gasteiger partial charge on any atom is 0.119 e. The zero-order valence-electron chi connectivity index (χ0n) is 11.9. The average Bonchev–Trinajstić information content (AvgIpc) is 2.79. The van der Waals surface area contributed by atoms with Crippen molar-refractivity contribution < 1.29 is 9.47 Å². The summed E-state index contributed by atoms with van der Waals surface area (Å²) in [6, 6.07) is 6.86. The van der Waals surface area contributed by atoms with Crippen molar-refractivity contribution >= 4 is 11.8 Å². The van der Waals surface area contributed by atoms with E-state index >= 15 is 0 Å². The van der Waals surface area contributed by atoms with Gasteiger partial charge in [-0.1, -0.05) is 6.07 Å². The molecular weight excluding hydrogens is 258 g/mol. The summed E-state index contributed by atoms with van der Waals surface area (Å²) in [6.07, 6.45) is 2.26. The van der Waals surface area contributed by atoms with Gasteiger partial charge in [0.25, 0.3) is 0 Å². The molecule has 0 radical (unpaired) electrons. The molecule has 2 rings (SSSR count). The molecule has 2 atom stereocenters. The summed E-state index contributed by atoms with van der Waals surface area (Å²) < 4.78 is 10.4. The average molecular weight is 281 g/mol. The SMILES string of the molecule is CNC1c2cc(OC)ccc2CC1SCCCOC. The van der Waals surface area contributed by atoms with E-state index in [1.165, 1.54) is 11.1 Å². The molecule has 4 heteroatoms. The Morgan fingerprint density at radius 3 is 2.89 bits per heavy atom. The predicted octanol–water partition coefficient (Wildman–Crippen LogP) is 2.65. The molecule has 1 aromatic carbocycles. The molecule has 1 aliphatic carbocycles. The van der Waals surface area contributed by atoms with Crippen LogP contribution in [0.25, 0.3) is 0 Å². The van der Waals surface area contributed by atoms with Gasteiger partial charge < -0.3 is 14.8 Å². The number of nitrogens with one attached hydrogen (secondary N) is 1. The number of hydrogen-bond donors (Lipinski definition) is 1. The van der Waals surface area contributed by atoms with E-state index in [1.54, 1.807) is 14.2 Å². The summed E-state index contributed by atoms with van der Waals surface area (Å²) in [4.78, 5) is 0. The van der Waals surface area contributed by atoms with Crippen LogP contribution in [0.2, 0.25) is 0 Å². The van der Waals surface area contributed by atoms with E-state index in [2.05, 4.69) is 23.5 Å². The summed E-state index contributed by atoms with van der Waals surface area (Å²) in [5.41, 5.74) is 2.84. The highest BCUT2D eigenvalue weighted by atomic mass is 32.2. The van der Waals surface area contributed by atoms with Crippen molar-refractivity contribution in [3.63, 3.8) is 0 Å². The minimum atomic E-state index is 0.428. The highest BCUT2D eigenvalue weighted by molar-refractivity contribution is 7.99. The molecule has 19 heavy (non-hydrogen) atoms. The summed E-state index contributed by atoms with van der Waals surface area (Å²) in [6.45, 7) is 0.852. The van der Waals surface area contributed by atoms with Crippen molar-refractivity contribution in [2.45, 2.75) is 24.1 Å². The molecule has 1 N–H and O–H groups in total. The maximum absolute atomic E-state index is 5.33. The second-order valence-electron chi connectivity index (χ2n) is 4.79. The molecule has 106 valence electrons. The van der Waals surface area contributed by atoms with Crippen molar-refractivity contribution in [3.8, 4) is 5.75 Å². The first kappa shape index (κ1) is 14.7. The minimum absolute atomic E-state index is 0.428. The van der Waals surface area contributed by atoms with E-state index < -0.39 is 0 Å². The van der Waals surface area contributed by atoms with Crippen molar-refractivity contribution in [3.05, 3.63) is 29.3 Å². The van der Waals surface area contributed by atoms with Crippen molar-refractivity contribution in [2.24, 2.45) is 0 Å². The van der Waals surface area contributed by atoms with E-state index in [9.17, 15) is 0 Å². The number of ether oxygens (including phenoxy) is 2. The Balaban J connectivity index is 2.01. The van der Waals surface area contributed by atoms with Gasteiger partial charge in [0.2, 0.25) is 0 Å². The first-order valence-electron chi connectivity index (χ1n) is 6.74. The Hall–Kier alpha value is -0.710. The van der Waals surface area contributed by atoms with Gasteiger partial charge in [-0.15, -0.1) is 0 Å². The van der Waals surface area contributed by atoms with Gasteiger partial charge in [0.05, 0.1) is 7.11 Å². The van der Waals surface area contributed by atoms with Crippen LogP contribution >= 0.6 is 11.8 Å². The first-order valence-corrected chi connectivity index (χ1v) is 7.79. The van der Waals surface area contributed by atoms with E-state index in [4.69, 9.17) is 9.47 Å². The third-order valence-corrected chi connectivity index (χ3v) is 5.01. The van der Waals surface area contributed by atoms with Crippen LogP contribution in [0.1, 0.15) is 23.6 Å². The molecule has 0 saturated heterocycles. The van der Waals surface area contributed by atoms with Gasteiger partial charge in [-0.3, -0.25) is 0 Å². The fraction of sp³-hybridized carbons (Fsp3) is 0.600. The molecule has 0 bridgehead atoms. The molecule has 1 aliphatic rings. The van der Waals surface area contributed by atoms with Gasteiger partial charge in [0.15, 0.2) is 0 Å². The van der Waals surface area contributed by atoms with E-state index in [0.717, 1.165) is 31.0 Å². The standard InChI is InChI=1S/C15H23NO2S/c1-16-15-13-10-12(18-3)6-5-11(13)9-14(15)19-8-4-7-17-2/h5-6,10,14-16H,4,7-9H2,1-3H3. The first-order chi connectivity index (χ1) is 9.30. The lowest BCUT2D eigenvalue weighted by molar-refractivity contribution is 0.200. The quantitative estimate of drug-likeness (QED) is 0.778. The zero-order valence-corrected chi connectivity index (χ0v) is 12.8. The Labute approximate surface area is 120 Å².